The van der Waals surface area contributed by atoms with Gasteiger partial charge in [0.05, 0.1) is 25.9 Å². The van der Waals surface area contributed by atoms with E-state index in [1.807, 2.05) is 0 Å². The van der Waals surface area contributed by atoms with Crippen LogP contribution in [0.4, 0.5) is 24.9 Å². The molecule has 0 aliphatic carbocycles. The van der Waals surface area contributed by atoms with Crippen LogP contribution < -0.4 is 11.1 Å². The molecule has 106 valence electrons. The number of alkyl halides is 3. The molecule has 0 saturated carbocycles. The summed E-state index contributed by atoms with van der Waals surface area (Å²) in [6, 6.07) is 0.806. The van der Waals surface area contributed by atoms with Crippen LogP contribution in [0.1, 0.15) is 5.69 Å². The predicted molar refractivity (Wildman–Crippen MR) is 60.5 cm³/mol. The monoisotopic (exact) mass is 278 g/mol. The third-order valence-electron chi connectivity index (χ3n) is 2.43. The van der Waals surface area contributed by atoms with Gasteiger partial charge in [0.25, 0.3) is 0 Å². The van der Waals surface area contributed by atoms with E-state index in [-0.39, 0.29) is 18.5 Å². The molecule has 2 heterocycles. The Morgan fingerprint density at radius 1 is 1.37 bits per heavy atom. The molecule has 1 atom stereocenters. The fourth-order valence-corrected chi connectivity index (χ4v) is 1.57. The lowest BCUT2D eigenvalue weighted by atomic mass is 10.3. The average molecular weight is 278 g/mol. The van der Waals surface area contributed by atoms with Crippen molar-refractivity contribution in [1.29, 1.82) is 0 Å². The highest BCUT2D eigenvalue weighted by molar-refractivity contribution is 5.41. The first kappa shape index (κ1) is 13.8. The van der Waals surface area contributed by atoms with E-state index in [4.69, 9.17) is 15.2 Å². The molecule has 2 rings (SSSR count). The Kier molecular flexibility index (Phi) is 4.05. The van der Waals surface area contributed by atoms with Gasteiger partial charge in [-0.2, -0.15) is 18.2 Å². The Bertz CT molecular complexity index is 435. The van der Waals surface area contributed by atoms with Crippen LogP contribution in [-0.4, -0.2) is 42.4 Å². The van der Waals surface area contributed by atoms with Crippen LogP contribution in [0.25, 0.3) is 0 Å². The highest BCUT2D eigenvalue weighted by atomic mass is 19.4. The molecule has 3 N–H and O–H groups in total. The Morgan fingerprint density at radius 2 is 2.16 bits per heavy atom. The van der Waals surface area contributed by atoms with Crippen molar-refractivity contribution in [3.05, 3.63) is 11.8 Å². The van der Waals surface area contributed by atoms with Crippen LogP contribution in [0.5, 0.6) is 0 Å². The molecule has 1 fully saturated rings. The second-order valence-electron chi connectivity index (χ2n) is 3.94. The lowest BCUT2D eigenvalue weighted by Gasteiger charge is -2.23. The van der Waals surface area contributed by atoms with Gasteiger partial charge in [-0.3, -0.25) is 0 Å². The molecule has 0 bridgehead atoms. The average Bonchev–Trinajstić information content (AvgIpc) is 2.36. The summed E-state index contributed by atoms with van der Waals surface area (Å²) < 4.78 is 48.1. The van der Waals surface area contributed by atoms with E-state index in [1.165, 1.54) is 0 Å². The standard InChI is InChI=1S/C10H13F3N4O2/c11-10(12,13)7-3-8(17-9(14)16-7)15-4-6-5-18-1-2-19-6/h3,6H,1-2,4-5H2,(H3,14,15,16,17). The first-order valence-electron chi connectivity index (χ1n) is 5.60. The van der Waals surface area contributed by atoms with Crippen molar-refractivity contribution in [2.75, 3.05) is 37.4 Å². The topological polar surface area (TPSA) is 82.3 Å². The number of halogens is 3. The van der Waals surface area contributed by atoms with Crippen molar-refractivity contribution in [2.45, 2.75) is 12.3 Å². The first-order chi connectivity index (χ1) is 8.95. The molecule has 0 spiro atoms. The lowest BCUT2D eigenvalue weighted by molar-refractivity contribution is -0.141. The molecule has 1 aromatic heterocycles. The van der Waals surface area contributed by atoms with Crippen LogP contribution in [0.3, 0.4) is 0 Å². The highest BCUT2D eigenvalue weighted by Crippen LogP contribution is 2.29. The maximum Gasteiger partial charge on any atom is 0.433 e. The van der Waals surface area contributed by atoms with Gasteiger partial charge in [-0.05, 0) is 0 Å². The molecule has 6 nitrogen and oxygen atoms in total. The normalized spacial score (nSPS) is 20.3. The summed E-state index contributed by atoms with van der Waals surface area (Å²) in [7, 11) is 0. The molecule has 9 heteroatoms. The fraction of sp³-hybridized carbons (Fsp3) is 0.600. The molecule has 0 radical (unpaired) electrons. The summed E-state index contributed by atoms with van der Waals surface area (Å²) >= 11 is 0. The summed E-state index contributed by atoms with van der Waals surface area (Å²) in [6.45, 7) is 1.66. The van der Waals surface area contributed by atoms with Crippen molar-refractivity contribution < 1.29 is 22.6 Å². The maximum absolute atomic E-state index is 12.5. The van der Waals surface area contributed by atoms with E-state index in [0.29, 0.717) is 19.8 Å². The summed E-state index contributed by atoms with van der Waals surface area (Å²) in [4.78, 5) is 6.84. The number of nitrogens with two attached hydrogens (primary N) is 1. The van der Waals surface area contributed by atoms with Gasteiger partial charge in [0.2, 0.25) is 5.95 Å². The summed E-state index contributed by atoms with van der Waals surface area (Å²) in [5, 5.41) is 2.73. The summed E-state index contributed by atoms with van der Waals surface area (Å²) in [5.41, 5.74) is 4.17. The number of hydrogen-bond donors (Lipinski definition) is 2. The summed E-state index contributed by atoms with van der Waals surface area (Å²) in [5.74, 6) is -0.424. The molecule has 0 aromatic carbocycles. The van der Waals surface area contributed by atoms with E-state index in [1.54, 1.807) is 0 Å². The number of hydrogen-bond acceptors (Lipinski definition) is 6. The molecule has 1 saturated heterocycles. The molecule has 1 aliphatic rings. The molecule has 0 amide bonds. The highest BCUT2D eigenvalue weighted by Gasteiger charge is 2.33. The van der Waals surface area contributed by atoms with Crippen LogP contribution in [0.2, 0.25) is 0 Å². The van der Waals surface area contributed by atoms with Crippen LogP contribution in [-0.2, 0) is 15.7 Å². The van der Waals surface area contributed by atoms with Gasteiger partial charge in [0, 0.05) is 12.6 Å². The molecular formula is C10H13F3N4O2. The van der Waals surface area contributed by atoms with Crippen molar-refractivity contribution in [3.63, 3.8) is 0 Å². The maximum atomic E-state index is 12.5. The van der Waals surface area contributed by atoms with Crippen molar-refractivity contribution >= 4 is 11.8 Å². The van der Waals surface area contributed by atoms with Gasteiger partial charge in [0.15, 0.2) is 5.69 Å². The van der Waals surface area contributed by atoms with Gasteiger partial charge in [-0.15, -0.1) is 0 Å². The number of anilines is 2. The van der Waals surface area contributed by atoms with E-state index in [2.05, 4.69) is 15.3 Å². The molecular weight excluding hydrogens is 265 g/mol. The first-order valence-corrected chi connectivity index (χ1v) is 5.60. The van der Waals surface area contributed by atoms with Crippen LogP contribution in [0, 0.1) is 0 Å². The smallest absolute Gasteiger partial charge is 0.376 e. The zero-order valence-electron chi connectivity index (χ0n) is 9.91. The number of rotatable bonds is 3. The van der Waals surface area contributed by atoms with Gasteiger partial charge in [-0.1, -0.05) is 0 Å². The molecule has 1 aliphatic heterocycles. The van der Waals surface area contributed by atoms with E-state index < -0.39 is 17.8 Å². The van der Waals surface area contributed by atoms with Gasteiger partial charge >= 0.3 is 6.18 Å². The minimum Gasteiger partial charge on any atom is -0.376 e. The Labute approximate surface area is 107 Å². The molecule has 1 unspecified atom stereocenters. The second-order valence-corrected chi connectivity index (χ2v) is 3.94. The zero-order valence-corrected chi connectivity index (χ0v) is 9.91. The number of nitrogens with zero attached hydrogens (tertiary/aromatic N) is 2. The Balaban J connectivity index is 2.01. The van der Waals surface area contributed by atoms with Gasteiger partial charge in [0.1, 0.15) is 5.82 Å². The third kappa shape index (κ3) is 3.93. The minimum absolute atomic E-state index is 0.00833. The van der Waals surface area contributed by atoms with E-state index >= 15 is 0 Å². The fourth-order valence-electron chi connectivity index (χ4n) is 1.57. The van der Waals surface area contributed by atoms with Crippen LogP contribution >= 0.6 is 0 Å². The van der Waals surface area contributed by atoms with Crippen molar-refractivity contribution in [3.8, 4) is 0 Å². The zero-order chi connectivity index (χ0) is 13.9. The number of nitrogens with one attached hydrogen (secondary N) is 1. The Hall–Kier alpha value is -1.61. The number of aromatic nitrogens is 2. The molecule has 1 aromatic rings. The van der Waals surface area contributed by atoms with E-state index in [0.717, 1.165) is 6.07 Å². The van der Waals surface area contributed by atoms with E-state index in [9.17, 15) is 13.2 Å². The summed E-state index contributed by atoms with van der Waals surface area (Å²) in [6.07, 6.45) is -4.78. The van der Waals surface area contributed by atoms with Gasteiger partial charge < -0.3 is 20.5 Å². The minimum atomic E-state index is -4.56. The third-order valence-corrected chi connectivity index (χ3v) is 2.43. The van der Waals surface area contributed by atoms with Crippen molar-refractivity contribution in [1.82, 2.24) is 9.97 Å². The lowest BCUT2D eigenvalue weighted by Crippen LogP contribution is -2.34. The van der Waals surface area contributed by atoms with Gasteiger partial charge in [-0.25, -0.2) is 4.98 Å². The van der Waals surface area contributed by atoms with Crippen molar-refractivity contribution in [2.24, 2.45) is 0 Å². The quantitative estimate of drug-likeness (QED) is 0.855. The largest absolute Gasteiger partial charge is 0.433 e. The number of nitrogen functional groups attached to an aromatic ring is 1. The number of ether oxygens (including phenoxy) is 2. The molecule has 19 heavy (non-hydrogen) atoms. The second kappa shape index (κ2) is 5.57. The Morgan fingerprint density at radius 3 is 2.79 bits per heavy atom. The van der Waals surface area contributed by atoms with Crippen LogP contribution in [0.15, 0.2) is 6.07 Å². The predicted octanol–water partition coefficient (Wildman–Crippen LogP) is 0.905. The SMILES string of the molecule is Nc1nc(NCC2COCCO2)cc(C(F)(F)F)n1.